The molecule has 7 rings (SSSR count). The van der Waals surface area contributed by atoms with Crippen LogP contribution in [0.25, 0.3) is 0 Å². The number of nitrogens with zero attached hydrogens (tertiary/aromatic N) is 3. The Morgan fingerprint density at radius 2 is 1.65 bits per heavy atom. The molecule has 0 bridgehead atoms. The smallest absolute Gasteiger partial charge is 0.414 e. The van der Waals surface area contributed by atoms with E-state index in [2.05, 4.69) is 4.90 Å². The SMILES string of the molecule is O=C(O[C@@H]1CCOC1)N1CC2(CCN(C3CC4CCCN(C(=O)O[C@H]5CCOC5)C4C3)CC2)c2cc(F)ccc21. The maximum atomic E-state index is 14.5. The molecule has 3 unspecified atom stereocenters. The summed E-state index contributed by atoms with van der Waals surface area (Å²) in [4.78, 5) is 32.5. The van der Waals surface area contributed by atoms with Crippen molar-refractivity contribution in [1.29, 1.82) is 0 Å². The lowest BCUT2D eigenvalue weighted by molar-refractivity contribution is 0.0286. The first-order valence-electron chi connectivity index (χ1n) is 15.1. The number of rotatable bonds is 3. The van der Waals surface area contributed by atoms with Gasteiger partial charge in [0.2, 0.25) is 0 Å². The number of anilines is 1. The number of hydrogen-bond acceptors (Lipinski definition) is 7. The number of likely N-dealkylation sites (tertiary alicyclic amines) is 2. The Kier molecular flexibility index (Phi) is 7.12. The van der Waals surface area contributed by atoms with Crippen molar-refractivity contribution in [1.82, 2.24) is 9.80 Å². The second kappa shape index (κ2) is 10.8. The highest BCUT2D eigenvalue weighted by atomic mass is 19.1. The molecule has 10 heteroatoms. The van der Waals surface area contributed by atoms with Crippen LogP contribution < -0.4 is 4.90 Å². The third-order valence-corrected chi connectivity index (χ3v) is 10.3. The van der Waals surface area contributed by atoms with Crippen LogP contribution in [0, 0.1) is 11.7 Å². The number of ether oxygens (including phenoxy) is 4. The van der Waals surface area contributed by atoms with Gasteiger partial charge in [0.05, 0.1) is 32.1 Å². The lowest BCUT2D eigenvalue weighted by Crippen LogP contribution is -2.49. The molecule has 0 N–H and O–H groups in total. The molecule has 0 radical (unpaired) electrons. The molecule has 9 nitrogen and oxygen atoms in total. The minimum atomic E-state index is -0.362. The molecule has 5 atom stereocenters. The molecule has 2 amide bonds. The Labute approximate surface area is 234 Å². The van der Waals surface area contributed by atoms with Crippen LogP contribution in [-0.4, -0.2) is 98.9 Å². The predicted molar refractivity (Wildman–Crippen MR) is 144 cm³/mol. The summed E-state index contributed by atoms with van der Waals surface area (Å²) in [7, 11) is 0. The van der Waals surface area contributed by atoms with Crippen LogP contribution >= 0.6 is 0 Å². The van der Waals surface area contributed by atoms with Crippen molar-refractivity contribution in [2.45, 2.75) is 81.1 Å². The Bertz CT molecular complexity index is 1110. The van der Waals surface area contributed by atoms with E-state index in [1.807, 2.05) is 4.90 Å². The second-order valence-electron chi connectivity index (χ2n) is 12.6. The van der Waals surface area contributed by atoms with Gasteiger partial charge < -0.3 is 28.7 Å². The molecule has 5 fully saturated rings. The quantitative estimate of drug-likeness (QED) is 0.554. The van der Waals surface area contributed by atoms with Gasteiger partial charge in [-0.1, -0.05) is 0 Å². The van der Waals surface area contributed by atoms with Crippen molar-refractivity contribution in [3.63, 3.8) is 0 Å². The molecule has 0 aromatic heterocycles. The number of amides is 2. The monoisotopic (exact) mass is 557 g/mol. The summed E-state index contributed by atoms with van der Waals surface area (Å²) in [6.07, 6.45) is 6.59. The maximum Gasteiger partial charge on any atom is 0.414 e. The van der Waals surface area contributed by atoms with Crippen LogP contribution in [0.1, 0.15) is 56.9 Å². The van der Waals surface area contributed by atoms with Gasteiger partial charge in [-0.05, 0) is 81.3 Å². The van der Waals surface area contributed by atoms with E-state index in [0.29, 0.717) is 51.4 Å². The van der Waals surface area contributed by atoms with E-state index < -0.39 is 0 Å². The average Bonchev–Trinajstić information content (AvgIpc) is 3.77. The fourth-order valence-electron chi connectivity index (χ4n) is 8.16. The number of carbonyl (C=O) groups excluding carboxylic acids is 2. The molecule has 218 valence electrons. The molecule has 6 aliphatic rings. The summed E-state index contributed by atoms with van der Waals surface area (Å²) >= 11 is 0. The summed E-state index contributed by atoms with van der Waals surface area (Å²) < 4.78 is 36.8. The highest BCUT2D eigenvalue weighted by Crippen LogP contribution is 2.49. The number of hydrogen-bond donors (Lipinski definition) is 0. The molecule has 1 aromatic carbocycles. The molecule has 1 aliphatic carbocycles. The molecule has 1 aromatic rings. The largest absolute Gasteiger partial charge is 0.444 e. The van der Waals surface area contributed by atoms with Crippen molar-refractivity contribution in [3.05, 3.63) is 29.6 Å². The molecule has 1 spiro atoms. The van der Waals surface area contributed by atoms with Crippen molar-refractivity contribution in [2.24, 2.45) is 5.92 Å². The third kappa shape index (κ3) is 4.86. The van der Waals surface area contributed by atoms with Gasteiger partial charge in [-0.3, -0.25) is 4.90 Å². The molecule has 1 saturated carbocycles. The maximum absolute atomic E-state index is 14.5. The summed E-state index contributed by atoms with van der Waals surface area (Å²) in [6, 6.07) is 5.44. The van der Waals surface area contributed by atoms with Crippen molar-refractivity contribution in [3.8, 4) is 0 Å². The molecular formula is C30H40FN3O6. The zero-order valence-electron chi connectivity index (χ0n) is 23.1. The van der Waals surface area contributed by atoms with Crippen LogP contribution in [0.15, 0.2) is 18.2 Å². The van der Waals surface area contributed by atoms with E-state index in [4.69, 9.17) is 18.9 Å². The van der Waals surface area contributed by atoms with Crippen LogP contribution in [-0.2, 0) is 24.4 Å². The van der Waals surface area contributed by atoms with Gasteiger partial charge in [-0.15, -0.1) is 0 Å². The van der Waals surface area contributed by atoms with E-state index >= 15 is 0 Å². The number of piperidine rings is 2. The van der Waals surface area contributed by atoms with Crippen molar-refractivity contribution in [2.75, 3.05) is 57.5 Å². The zero-order valence-corrected chi connectivity index (χ0v) is 23.1. The Hall–Kier alpha value is -2.43. The molecule has 4 saturated heterocycles. The van der Waals surface area contributed by atoms with Gasteiger partial charge >= 0.3 is 12.2 Å². The van der Waals surface area contributed by atoms with Crippen LogP contribution in [0.5, 0.6) is 0 Å². The number of benzene rings is 1. The van der Waals surface area contributed by atoms with Gasteiger partial charge in [0.25, 0.3) is 0 Å². The highest BCUT2D eigenvalue weighted by molar-refractivity contribution is 5.91. The Balaban J connectivity index is 1.01. The van der Waals surface area contributed by atoms with Crippen LogP contribution in [0.4, 0.5) is 19.7 Å². The van der Waals surface area contributed by atoms with E-state index in [-0.39, 0.29) is 41.7 Å². The fraction of sp³-hybridized carbons (Fsp3) is 0.733. The average molecular weight is 558 g/mol. The van der Waals surface area contributed by atoms with E-state index in [1.165, 1.54) is 6.07 Å². The van der Waals surface area contributed by atoms with E-state index in [0.717, 1.165) is 75.8 Å². The standard InChI is InChI=1S/C30H40FN3O6/c31-21-3-4-26-25(15-21)30(19-34(26)29(36)40-24-6-13-38-18-24)7-10-32(11-8-30)22-14-20-2-1-9-33(27(20)16-22)28(35)39-23-5-12-37-17-23/h3-4,15,20,22-24,27H,1-2,5-14,16-19H2/t20?,22?,23-,24+,27?/m0/s1. The first kappa shape index (κ1) is 26.5. The fourth-order valence-corrected chi connectivity index (χ4v) is 8.16. The zero-order chi connectivity index (χ0) is 27.3. The Morgan fingerprint density at radius 1 is 0.925 bits per heavy atom. The summed E-state index contributed by atoms with van der Waals surface area (Å²) in [5.41, 5.74) is 1.42. The lowest BCUT2D eigenvalue weighted by Gasteiger charge is -2.42. The topological polar surface area (TPSA) is 80.8 Å². The summed E-state index contributed by atoms with van der Waals surface area (Å²) in [6.45, 7) is 5.28. The first-order valence-corrected chi connectivity index (χ1v) is 15.1. The summed E-state index contributed by atoms with van der Waals surface area (Å²) in [5.74, 6) is 0.240. The van der Waals surface area contributed by atoms with Crippen LogP contribution in [0.2, 0.25) is 0 Å². The van der Waals surface area contributed by atoms with Gasteiger partial charge in [-0.25, -0.2) is 14.0 Å². The molecule has 5 heterocycles. The van der Waals surface area contributed by atoms with Crippen LogP contribution in [0.3, 0.4) is 0 Å². The first-order chi connectivity index (χ1) is 19.5. The van der Waals surface area contributed by atoms with E-state index in [1.54, 1.807) is 17.0 Å². The minimum absolute atomic E-state index is 0.120. The molecule has 5 aliphatic heterocycles. The van der Waals surface area contributed by atoms with Gasteiger partial charge in [0, 0.05) is 43.4 Å². The highest BCUT2D eigenvalue weighted by Gasteiger charge is 2.50. The van der Waals surface area contributed by atoms with Gasteiger partial charge in [0.1, 0.15) is 18.0 Å². The number of fused-ring (bicyclic) bond motifs is 3. The Morgan fingerprint density at radius 3 is 2.35 bits per heavy atom. The number of halogens is 1. The minimum Gasteiger partial charge on any atom is -0.444 e. The van der Waals surface area contributed by atoms with Gasteiger partial charge in [-0.2, -0.15) is 0 Å². The van der Waals surface area contributed by atoms with Crippen molar-refractivity contribution < 1.29 is 32.9 Å². The van der Waals surface area contributed by atoms with Gasteiger partial charge in [0.15, 0.2) is 0 Å². The normalized spacial score (nSPS) is 33.3. The van der Waals surface area contributed by atoms with E-state index in [9.17, 15) is 14.0 Å². The summed E-state index contributed by atoms with van der Waals surface area (Å²) in [5, 5.41) is 0. The number of carbonyl (C=O) groups is 2. The molecular weight excluding hydrogens is 517 g/mol. The third-order valence-electron chi connectivity index (χ3n) is 10.3. The van der Waals surface area contributed by atoms with Crippen molar-refractivity contribution >= 4 is 17.9 Å². The lowest BCUT2D eigenvalue weighted by atomic mass is 9.74. The predicted octanol–water partition coefficient (Wildman–Crippen LogP) is 4.07. The molecule has 40 heavy (non-hydrogen) atoms. The second-order valence-corrected chi connectivity index (χ2v) is 12.6.